The summed E-state index contributed by atoms with van der Waals surface area (Å²) in [5.74, 6) is -0.0415. The van der Waals surface area contributed by atoms with E-state index in [0.717, 1.165) is 16.7 Å². The van der Waals surface area contributed by atoms with E-state index in [-0.39, 0.29) is 18.8 Å². The van der Waals surface area contributed by atoms with E-state index in [1.165, 1.54) is 0 Å². The standard InChI is InChI=1S/C24H20ClNO3/c1-16-7-9-18(10-8-16)22-14-23(27)20-13-19(25)11-12-21(20)26(22)24(28)29-15-17-5-3-2-4-6-17/h2-13,22H,14-15H2,1H3. The lowest BCUT2D eigenvalue weighted by Gasteiger charge is -2.36. The molecule has 29 heavy (non-hydrogen) atoms. The summed E-state index contributed by atoms with van der Waals surface area (Å²) in [5, 5.41) is 0.462. The van der Waals surface area contributed by atoms with Crippen molar-refractivity contribution in [2.45, 2.75) is 26.0 Å². The Morgan fingerprint density at radius 2 is 1.79 bits per heavy atom. The maximum atomic E-state index is 13.1. The van der Waals surface area contributed by atoms with E-state index in [9.17, 15) is 9.59 Å². The fourth-order valence-corrected chi connectivity index (χ4v) is 3.73. The highest BCUT2D eigenvalue weighted by Crippen LogP contribution is 2.40. The normalized spacial score (nSPS) is 15.7. The minimum atomic E-state index is -0.490. The molecule has 3 aromatic rings. The van der Waals surface area contributed by atoms with Crippen LogP contribution in [-0.4, -0.2) is 11.9 Å². The number of hydrogen-bond acceptors (Lipinski definition) is 3. The third-order valence-corrected chi connectivity index (χ3v) is 5.31. The third kappa shape index (κ3) is 4.03. The lowest BCUT2D eigenvalue weighted by atomic mass is 9.90. The third-order valence-electron chi connectivity index (χ3n) is 5.07. The summed E-state index contributed by atoms with van der Waals surface area (Å²) in [6, 6.07) is 21.9. The first-order valence-electron chi connectivity index (χ1n) is 9.42. The smallest absolute Gasteiger partial charge is 0.415 e. The zero-order valence-electron chi connectivity index (χ0n) is 16.0. The molecule has 5 heteroatoms. The molecule has 0 saturated carbocycles. The summed E-state index contributed by atoms with van der Waals surface area (Å²) in [5.41, 5.74) is 3.87. The van der Waals surface area contributed by atoms with Gasteiger partial charge in [0.15, 0.2) is 5.78 Å². The number of anilines is 1. The molecule has 1 heterocycles. The second kappa shape index (κ2) is 8.10. The first-order chi connectivity index (χ1) is 14.0. The molecule has 1 atom stereocenters. The first kappa shape index (κ1) is 19.2. The molecule has 146 valence electrons. The Kier molecular flexibility index (Phi) is 5.36. The van der Waals surface area contributed by atoms with Crippen molar-refractivity contribution in [2.24, 2.45) is 0 Å². The van der Waals surface area contributed by atoms with Crippen molar-refractivity contribution in [2.75, 3.05) is 4.90 Å². The molecule has 1 unspecified atom stereocenters. The van der Waals surface area contributed by atoms with Crippen molar-refractivity contribution < 1.29 is 14.3 Å². The van der Waals surface area contributed by atoms with Crippen molar-refractivity contribution in [1.82, 2.24) is 0 Å². The number of ether oxygens (including phenoxy) is 1. The van der Waals surface area contributed by atoms with Gasteiger partial charge >= 0.3 is 6.09 Å². The van der Waals surface area contributed by atoms with Gasteiger partial charge < -0.3 is 4.74 Å². The van der Waals surface area contributed by atoms with Crippen LogP contribution in [0.5, 0.6) is 0 Å². The minimum Gasteiger partial charge on any atom is -0.444 e. The van der Waals surface area contributed by atoms with Crippen LogP contribution >= 0.6 is 11.6 Å². The number of fused-ring (bicyclic) bond motifs is 1. The van der Waals surface area contributed by atoms with Gasteiger partial charge in [-0.05, 0) is 36.2 Å². The largest absolute Gasteiger partial charge is 0.444 e. The maximum Gasteiger partial charge on any atom is 0.415 e. The maximum absolute atomic E-state index is 13.1. The van der Waals surface area contributed by atoms with Gasteiger partial charge in [-0.1, -0.05) is 71.8 Å². The summed E-state index contributed by atoms with van der Waals surface area (Å²) >= 11 is 6.09. The molecule has 3 aromatic carbocycles. The fraction of sp³-hybridized carbons (Fsp3) is 0.167. The summed E-state index contributed by atoms with van der Waals surface area (Å²) in [6.45, 7) is 2.16. The number of Topliss-reactive ketones (excluding diaryl/α,β-unsaturated/α-hetero) is 1. The Morgan fingerprint density at radius 1 is 1.07 bits per heavy atom. The predicted octanol–water partition coefficient (Wildman–Crippen LogP) is 6.12. The number of hydrogen-bond donors (Lipinski definition) is 0. The molecule has 0 spiro atoms. The van der Waals surface area contributed by atoms with Crippen LogP contribution in [0.1, 0.15) is 39.5 Å². The zero-order chi connectivity index (χ0) is 20.4. The first-order valence-corrected chi connectivity index (χ1v) is 9.80. The van der Waals surface area contributed by atoms with E-state index in [4.69, 9.17) is 16.3 Å². The summed E-state index contributed by atoms with van der Waals surface area (Å²) < 4.78 is 5.61. The number of nitrogens with zero attached hydrogens (tertiary/aromatic N) is 1. The highest BCUT2D eigenvalue weighted by atomic mass is 35.5. The van der Waals surface area contributed by atoms with Crippen molar-refractivity contribution >= 4 is 29.2 Å². The molecule has 0 aromatic heterocycles. The molecule has 1 aliphatic rings. The molecule has 4 nitrogen and oxygen atoms in total. The SMILES string of the molecule is Cc1ccc(C2CC(=O)c3cc(Cl)ccc3N2C(=O)OCc2ccccc2)cc1. The number of rotatable bonds is 3. The van der Waals surface area contributed by atoms with Gasteiger partial charge in [-0.15, -0.1) is 0 Å². The van der Waals surface area contributed by atoms with Gasteiger partial charge in [0.1, 0.15) is 6.61 Å². The molecule has 4 rings (SSSR count). The molecular formula is C24H20ClNO3. The number of benzene rings is 3. The molecular weight excluding hydrogens is 386 g/mol. The van der Waals surface area contributed by atoms with E-state index in [0.29, 0.717) is 16.3 Å². The van der Waals surface area contributed by atoms with Crippen LogP contribution in [0.25, 0.3) is 0 Å². The number of amides is 1. The molecule has 0 bridgehead atoms. The van der Waals surface area contributed by atoms with Gasteiger partial charge in [-0.3, -0.25) is 9.69 Å². The van der Waals surface area contributed by atoms with Crippen molar-refractivity contribution in [3.05, 3.63) is 100 Å². The average molecular weight is 406 g/mol. The molecule has 0 saturated heterocycles. The molecule has 0 aliphatic carbocycles. The fourth-order valence-electron chi connectivity index (χ4n) is 3.56. The lowest BCUT2D eigenvalue weighted by molar-refractivity contribution is 0.0961. The average Bonchev–Trinajstić information content (AvgIpc) is 2.73. The zero-order valence-corrected chi connectivity index (χ0v) is 16.7. The van der Waals surface area contributed by atoms with Crippen LogP contribution in [0.4, 0.5) is 10.5 Å². The number of aryl methyl sites for hydroxylation is 1. The van der Waals surface area contributed by atoms with Gasteiger partial charge in [0, 0.05) is 17.0 Å². The van der Waals surface area contributed by atoms with Crippen molar-refractivity contribution in [3.63, 3.8) is 0 Å². The van der Waals surface area contributed by atoms with E-state index in [1.807, 2.05) is 61.5 Å². The minimum absolute atomic E-state index is 0.0415. The topological polar surface area (TPSA) is 46.6 Å². The number of carbonyl (C=O) groups is 2. The quantitative estimate of drug-likeness (QED) is 0.527. The van der Waals surface area contributed by atoms with E-state index >= 15 is 0 Å². The Hall–Kier alpha value is -3.11. The van der Waals surface area contributed by atoms with Crippen LogP contribution in [0.2, 0.25) is 5.02 Å². The molecule has 1 aliphatic heterocycles. The summed E-state index contributed by atoms with van der Waals surface area (Å²) in [7, 11) is 0. The van der Waals surface area contributed by atoms with Crippen LogP contribution in [0.3, 0.4) is 0 Å². The second-order valence-electron chi connectivity index (χ2n) is 7.13. The predicted molar refractivity (Wildman–Crippen MR) is 113 cm³/mol. The van der Waals surface area contributed by atoms with Crippen LogP contribution in [0, 0.1) is 6.92 Å². The van der Waals surface area contributed by atoms with Gasteiger partial charge in [0.2, 0.25) is 0 Å². The van der Waals surface area contributed by atoms with E-state index < -0.39 is 12.1 Å². The molecule has 1 amide bonds. The van der Waals surface area contributed by atoms with E-state index in [1.54, 1.807) is 23.1 Å². The highest BCUT2D eigenvalue weighted by Gasteiger charge is 2.37. The second-order valence-corrected chi connectivity index (χ2v) is 7.56. The number of ketones is 1. The Balaban J connectivity index is 1.70. The van der Waals surface area contributed by atoms with Gasteiger partial charge in [0.05, 0.1) is 11.7 Å². The Bertz CT molecular complexity index is 1050. The summed E-state index contributed by atoms with van der Waals surface area (Å²) in [4.78, 5) is 27.5. The number of carbonyl (C=O) groups excluding carboxylic acids is 2. The van der Waals surface area contributed by atoms with Gasteiger partial charge in [-0.2, -0.15) is 0 Å². The van der Waals surface area contributed by atoms with Gasteiger partial charge in [0.25, 0.3) is 0 Å². The van der Waals surface area contributed by atoms with Gasteiger partial charge in [-0.25, -0.2) is 4.79 Å². The Morgan fingerprint density at radius 3 is 2.52 bits per heavy atom. The lowest BCUT2D eigenvalue weighted by Crippen LogP contribution is -2.40. The van der Waals surface area contributed by atoms with Crippen molar-refractivity contribution in [1.29, 1.82) is 0 Å². The summed E-state index contributed by atoms with van der Waals surface area (Å²) in [6.07, 6.45) is -0.313. The monoisotopic (exact) mass is 405 g/mol. The van der Waals surface area contributed by atoms with Crippen LogP contribution in [-0.2, 0) is 11.3 Å². The highest BCUT2D eigenvalue weighted by molar-refractivity contribution is 6.31. The number of halogens is 1. The van der Waals surface area contributed by atoms with Crippen LogP contribution < -0.4 is 4.90 Å². The van der Waals surface area contributed by atoms with E-state index in [2.05, 4.69) is 0 Å². The van der Waals surface area contributed by atoms with Crippen molar-refractivity contribution in [3.8, 4) is 0 Å². The molecule has 0 fully saturated rings. The molecule has 0 N–H and O–H groups in total. The molecule has 0 radical (unpaired) electrons. The Labute approximate surface area is 174 Å². The van der Waals surface area contributed by atoms with Crippen LogP contribution in [0.15, 0.2) is 72.8 Å².